The van der Waals surface area contributed by atoms with Crippen molar-refractivity contribution in [3.05, 3.63) is 133 Å². The Hall–Kier alpha value is -4.52. The molecule has 1 aliphatic heterocycles. The van der Waals surface area contributed by atoms with E-state index in [0.29, 0.717) is 5.82 Å². The van der Waals surface area contributed by atoms with E-state index in [1.54, 1.807) is 6.08 Å². The Morgan fingerprint density at radius 2 is 1.50 bits per heavy atom. The van der Waals surface area contributed by atoms with Crippen molar-refractivity contribution in [2.75, 3.05) is 0 Å². The molecule has 44 heavy (non-hydrogen) atoms. The summed E-state index contributed by atoms with van der Waals surface area (Å²) in [5.41, 5.74) is 4.00. The van der Waals surface area contributed by atoms with Gasteiger partial charge in [-0.05, 0) is 75.5 Å². The zero-order chi connectivity index (χ0) is 31.3. The summed E-state index contributed by atoms with van der Waals surface area (Å²) in [4.78, 5) is 4.99. The van der Waals surface area contributed by atoms with E-state index < -0.39 is 18.3 Å². The Labute approximate surface area is 261 Å². The zero-order valence-electron chi connectivity index (χ0n) is 26.5. The van der Waals surface area contributed by atoms with E-state index in [0.717, 1.165) is 44.5 Å². The van der Waals surface area contributed by atoms with Crippen molar-refractivity contribution in [1.82, 2.24) is 14.8 Å². The minimum absolute atomic E-state index is 0.413. The van der Waals surface area contributed by atoms with Gasteiger partial charge in [0.1, 0.15) is 0 Å². The molecule has 1 aliphatic rings. The van der Waals surface area contributed by atoms with E-state index in [1.807, 2.05) is 85.3 Å². The Bertz CT molecular complexity index is 1790. The average Bonchev–Trinajstić information content (AvgIpc) is 3.55. The second-order valence-corrected chi connectivity index (χ2v) is 11.7. The molecule has 4 aromatic rings. The van der Waals surface area contributed by atoms with Gasteiger partial charge in [-0.25, -0.2) is 9.67 Å². The fourth-order valence-corrected chi connectivity index (χ4v) is 5.13. The van der Waals surface area contributed by atoms with Crippen LogP contribution in [0.2, 0.25) is 0 Å². The number of aromatic nitrogens is 3. The fourth-order valence-electron chi connectivity index (χ4n) is 5.13. The summed E-state index contributed by atoms with van der Waals surface area (Å²) in [6.45, 7) is 16.2. The van der Waals surface area contributed by atoms with E-state index in [2.05, 4.69) is 82.8 Å². The molecule has 2 heterocycles. The predicted molar refractivity (Wildman–Crippen MR) is 186 cm³/mol. The van der Waals surface area contributed by atoms with Crippen LogP contribution in [0.4, 0.5) is 0 Å². The number of allylic oxidation sites excluding steroid dienone is 10. The lowest BCUT2D eigenvalue weighted by Crippen LogP contribution is -2.41. The normalized spacial score (nSPS) is 17.1. The lowest BCUT2D eigenvalue weighted by atomic mass is 9.75. The largest absolute Gasteiger partial charge is 0.495 e. The predicted octanol–water partition coefficient (Wildman–Crippen LogP) is 8.67. The molecular formula is C38H40BN3O2. The molecule has 0 saturated carbocycles. The van der Waals surface area contributed by atoms with Crippen LogP contribution in [-0.2, 0) is 9.31 Å². The quantitative estimate of drug-likeness (QED) is 0.147. The molecule has 0 bridgehead atoms. The van der Waals surface area contributed by atoms with Gasteiger partial charge < -0.3 is 9.31 Å². The van der Waals surface area contributed by atoms with Crippen LogP contribution in [0.15, 0.2) is 122 Å². The molecule has 0 unspecified atom stereocenters. The van der Waals surface area contributed by atoms with Crippen molar-refractivity contribution in [2.24, 2.45) is 0 Å². The molecule has 0 aliphatic carbocycles. The van der Waals surface area contributed by atoms with Crippen LogP contribution in [0.25, 0.3) is 39.5 Å². The molecule has 0 amide bonds. The Balaban J connectivity index is 1.61. The van der Waals surface area contributed by atoms with Gasteiger partial charge in [0.25, 0.3) is 0 Å². The molecule has 0 atom stereocenters. The fraction of sp³-hybridized carbons (Fsp3) is 0.211. The summed E-state index contributed by atoms with van der Waals surface area (Å²) >= 11 is 0. The summed E-state index contributed by atoms with van der Waals surface area (Å²) in [6.07, 6.45) is 18.0. The van der Waals surface area contributed by atoms with Crippen molar-refractivity contribution in [2.45, 2.75) is 52.7 Å². The second-order valence-electron chi connectivity index (χ2n) is 11.7. The van der Waals surface area contributed by atoms with Crippen molar-refractivity contribution in [3.63, 3.8) is 0 Å². The summed E-state index contributed by atoms with van der Waals surface area (Å²) in [7, 11) is -0.441. The highest BCUT2D eigenvalue weighted by atomic mass is 16.7. The number of rotatable bonds is 9. The molecule has 1 aromatic heterocycles. The highest BCUT2D eigenvalue weighted by Crippen LogP contribution is 2.37. The van der Waals surface area contributed by atoms with Gasteiger partial charge in [0.05, 0.1) is 16.9 Å². The molecule has 5 nitrogen and oxygen atoms in total. The Kier molecular flexibility index (Phi) is 9.14. The number of fused-ring (bicyclic) bond motifs is 1. The SMILES string of the molecule is C=C/C=C(\C=C/C)c1nc(-c2ccccc2)nn1C(/C=C/c1ccc(B2OC(C)(C)C(C)(C)O2)c2ccccc12)=C/C=C\C. The minimum atomic E-state index is -0.441. The molecule has 1 saturated heterocycles. The molecule has 222 valence electrons. The molecule has 0 radical (unpaired) electrons. The first kappa shape index (κ1) is 30.9. The summed E-state index contributed by atoms with van der Waals surface area (Å²) in [5.74, 6) is 1.38. The third-order valence-electron chi connectivity index (χ3n) is 8.18. The van der Waals surface area contributed by atoms with Gasteiger partial charge >= 0.3 is 7.12 Å². The zero-order valence-corrected chi connectivity index (χ0v) is 26.5. The van der Waals surface area contributed by atoms with Gasteiger partial charge in [-0.3, -0.25) is 0 Å². The lowest BCUT2D eigenvalue weighted by molar-refractivity contribution is 0.00578. The van der Waals surface area contributed by atoms with Crippen LogP contribution in [0, 0.1) is 0 Å². The number of nitrogens with zero attached hydrogens (tertiary/aromatic N) is 3. The van der Waals surface area contributed by atoms with Gasteiger partial charge in [0.2, 0.25) is 0 Å². The number of hydrogen-bond acceptors (Lipinski definition) is 4. The van der Waals surface area contributed by atoms with Crippen molar-refractivity contribution in [1.29, 1.82) is 0 Å². The standard InChI is InChI=1S/C38H40BN3O2/c1-8-11-21-31(42-36(30(17-9-2)18-10-3)40-35(41-42)29-19-13-12-14-20-29)26-24-28-25-27-34(33-23-16-15-22-32(28)33)39-43-37(4,5)38(6,7)44-39/h8-27H,2H2,1,3-7H3/b11-8-,18-10-,26-24+,30-17+,31-21+. The van der Waals surface area contributed by atoms with E-state index in [9.17, 15) is 0 Å². The maximum atomic E-state index is 6.42. The van der Waals surface area contributed by atoms with Crippen LogP contribution in [-0.4, -0.2) is 33.1 Å². The maximum absolute atomic E-state index is 6.42. The molecule has 0 spiro atoms. The Morgan fingerprint density at radius 3 is 2.16 bits per heavy atom. The topological polar surface area (TPSA) is 49.2 Å². The van der Waals surface area contributed by atoms with Gasteiger partial charge in [-0.2, -0.15) is 0 Å². The third-order valence-corrected chi connectivity index (χ3v) is 8.18. The van der Waals surface area contributed by atoms with Crippen molar-refractivity contribution in [3.8, 4) is 11.4 Å². The van der Waals surface area contributed by atoms with Gasteiger partial charge in [-0.1, -0.05) is 116 Å². The Morgan fingerprint density at radius 1 is 0.818 bits per heavy atom. The monoisotopic (exact) mass is 581 g/mol. The molecular weight excluding hydrogens is 541 g/mol. The molecule has 0 N–H and O–H groups in total. The molecule has 6 heteroatoms. The number of hydrogen-bond donors (Lipinski definition) is 0. The van der Waals surface area contributed by atoms with E-state index in [-0.39, 0.29) is 0 Å². The first-order chi connectivity index (χ1) is 21.2. The molecule has 1 fully saturated rings. The van der Waals surface area contributed by atoms with Gasteiger partial charge in [-0.15, -0.1) is 5.10 Å². The highest BCUT2D eigenvalue weighted by Gasteiger charge is 2.52. The minimum Gasteiger partial charge on any atom is -0.399 e. The second kappa shape index (κ2) is 13.0. The van der Waals surface area contributed by atoms with E-state index in [1.165, 1.54) is 0 Å². The number of benzene rings is 3. The van der Waals surface area contributed by atoms with Crippen molar-refractivity contribution < 1.29 is 9.31 Å². The lowest BCUT2D eigenvalue weighted by Gasteiger charge is -2.32. The van der Waals surface area contributed by atoms with E-state index >= 15 is 0 Å². The summed E-state index contributed by atoms with van der Waals surface area (Å²) in [5, 5.41) is 7.22. The smallest absolute Gasteiger partial charge is 0.399 e. The van der Waals surface area contributed by atoms with Crippen LogP contribution < -0.4 is 5.46 Å². The van der Waals surface area contributed by atoms with Gasteiger partial charge in [0.15, 0.2) is 11.6 Å². The van der Waals surface area contributed by atoms with Crippen LogP contribution in [0.1, 0.15) is 52.9 Å². The maximum Gasteiger partial charge on any atom is 0.495 e. The molecule has 5 rings (SSSR count). The van der Waals surface area contributed by atoms with Crippen LogP contribution in [0.3, 0.4) is 0 Å². The average molecular weight is 582 g/mol. The van der Waals surface area contributed by atoms with Gasteiger partial charge in [0, 0.05) is 11.1 Å². The van der Waals surface area contributed by atoms with Crippen LogP contribution >= 0.6 is 0 Å². The highest BCUT2D eigenvalue weighted by molar-refractivity contribution is 6.65. The van der Waals surface area contributed by atoms with E-state index in [4.69, 9.17) is 19.4 Å². The third kappa shape index (κ3) is 6.23. The molecule has 3 aromatic carbocycles. The van der Waals surface area contributed by atoms with Crippen LogP contribution in [0.5, 0.6) is 0 Å². The van der Waals surface area contributed by atoms with Crippen molar-refractivity contribution >= 4 is 40.7 Å². The summed E-state index contributed by atoms with van der Waals surface area (Å²) in [6, 6.07) is 22.7. The summed E-state index contributed by atoms with van der Waals surface area (Å²) < 4.78 is 14.7. The first-order valence-electron chi connectivity index (χ1n) is 15.1. The first-order valence-corrected chi connectivity index (χ1v) is 15.1.